The van der Waals surface area contributed by atoms with Gasteiger partial charge in [0.2, 0.25) is 5.95 Å². The zero-order valence-corrected chi connectivity index (χ0v) is 18.6. The van der Waals surface area contributed by atoms with Crippen molar-refractivity contribution in [2.24, 2.45) is 0 Å². The quantitative estimate of drug-likeness (QED) is 0.339. The molecule has 1 saturated carbocycles. The third-order valence-corrected chi connectivity index (χ3v) is 6.54. The van der Waals surface area contributed by atoms with Gasteiger partial charge in [-0.1, -0.05) is 37.1 Å². The molecular formula is C22H23N7S2. The monoisotopic (exact) mass is 449 g/mol. The van der Waals surface area contributed by atoms with E-state index in [0.29, 0.717) is 22.3 Å². The molecule has 1 aliphatic heterocycles. The number of hydrogen-bond donors (Lipinski definition) is 2. The summed E-state index contributed by atoms with van der Waals surface area (Å²) >= 11 is 6.95. The van der Waals surface area contributed by atoms with E-state index in [1.807, 2.05) is 6.07 Å². The molecule has 0 radical (unpaired) electrons. The summed E-state index contributed by atoms with van der Waals surface area (Å²) < 4.78 is 0. The number of anilines is 2. The summed E-state index contributed by atoms with van der Waals surface area (Å²) in [6.45, 7) is 1.65. The van der Waals surface area contributed by atoms with Gasteiger partial charge >= 0.3 is 0 Å². The second kappa shape index (κ2) is 9.15. The van der Waals surface area contributed by atoms with E-state index >= 15 is 0 Å². The first-order valence-corrected chi connectivity index (χ1v) is 11.7. The van der Waals surface area contributed by atoms with Gasteiger partial charge in [0.05, 0.1) is 0 Å². The van der Waals surface area contributed by atoms with Crippen molar-refractivity contribution in [2.75, 3.05) is 10.2 Å². The zero-order valence-electron chi connectivity index (χ0n) is 17.0. The predicted molar refractivity (Wildman–Crippen MR) is 126 cm³/mol. The van der Waals surface area contributed by atoms with E-state index in [0.717, 1.165) is 36.8 Å². The minimum Gasteiger partial charge on any atom is -0.360 e. The molecule has 0 atom stereocenters. The van der Waals surface area contributed by atoms with Crippen molar-refractivity contribution in [2.45, 2.75) is 55.0 Å². The largest absolute Gasteiger partial charge is 0.360 e. The molecule has 0 spiro atoms. The van der Waals surface area contributed by atoms with Crippen molar-refractivity contribution in [3.63, 3.8) is 0 Å². The molecule has 2 aromatic heterocycles. The first-order valence-electron chi connectivity index (χ1n) is 10.5. The molecule has 2 aliphatic rings. The summed E-state index contributed by atoms with van der Waals surface area (Å²) in [5, 5.41) is 8.59. The maximum absolute atomic E-state index is 5.53. The fourth-order valence-corrected chi connectivity index (χ4v) is 4.97. The van der Waals surface area contributed by atoms with Gasteiger partial charge in [-0.05, 0) is 54.0 Å². The molecule has 31 heavy (non-hydrogen) atoms. The summed E-state index contributed by atoms with van der Waals surface area (Å²) in [5.74, 6) is 1.35. The highest BCUT2D eigenvalue weighted by atomic mass is 32.2. The molecule has 158 valence electrons. The lowest BCUT2D eigenvalue weighted by Crippen LogP contribution is -2.36. The summed E-state index contributed by atoms with van der Waals surface area (Å²) in [4.78, 5) is 20.3. The van der Waals surface area contributed by atoms with Crippen LogP contribution < -0.4 is 15.5 Å². The predicted octanol–water partition coefficient (Wildman–Crippen LogP) is 4.17. The van der Waals surface area contributed by atoms with E-state index in [4.69, 9.17) is 17.2 Å². The van der Waals surface area contributed by atoms with Gasteiger partial charge < -0.3 is 15.5 Å². The smallest absolute Gasteiger partial charge is 0.232 e. The number of nitrogens with zero attached hydrogens (tertiary/aromatic N) is 5. The van der Waals surface area contributed by atoms with Crippen molar-refractivity contribution in [1.82, 2.24) is 25.3 Å². The van der Waals surface area contributed by atoms with Gasteiger partial charge in [-0.15, -0.1) is 0 Å². The van der Waals surface area contributed by atoms with Gasteiger partial charge in [-0.25, -0.2) is 15.0 Å². The topological polar surface area (TPSA) is 78.9 Å². The number of hydrogen-bond acceptors (Lipinski definition) is 7. The summed E-state index contributed by atoms with van der Waals surface area (Å²) in [6, 6.07) is 12.7. The highest BCUT2D eigenvalue weighted by molar-refractivity contribution is 7.99. The molecule has 9 heteroatoms. The van der Waals surface area contributed by atoms with Crippen LogP contribution in [0, 0.1) is 0 Å². The highest BCUT2D eigenvalue weighted by Gasteiger charge is 2.22. The Morgan fingerprint density at radius 1 is 1.00 bits per heavy atom. The van der Waals surface area contributed by atoms with Crippen molar-refractivity contribution in [3.8, 4) is 0 Å². The number of thiocarbonyl (C=S) groups is 1. The van der Waals surface area contributed by atoms with Gasteiger partial charge in [-0.2, -0.15) is 4.98 Å². The van der Waals surface area contributed by atoms with Gasteiger partial charge in [0, 0.05) is 37.6 Å². The number of fused-ring (bicyclic) bond motifs is 1. The first-order chi connectivity index (χ1) is 15.2. The van der Waals surface area contributed by atoms with Crippen LogP contribution in [0.3, 0.4) is 0 Å². The van der Waals surface area contributed by atoms with Crippen molar-refractivity contribution >= 4 is 40.9 Å². The van der Waals surface area contributed by atoms with Gasteiger partial charge in [0.25, 0.3) is 0 Å². The molecule has 1 fully saturated rings. The Kier molecular flexibility index (Phi) is 5.95. The van der Waals surface area contributed by atoms with Crippen molar-refractivity contribution in [1.29, 1.82) is 0 Å². The number of benzene rings is 1. The maximum Gasteiger partial charge on any atom is 0.232 e. The fourth-order valence-electron chi connectivity index (χ4n) is 4.00. The summed E-state index contributed by atoms with van der Waals surface area (Å²) in [7, 11) is 0. The average molecular weight is 450 g/mol. The van der Waals surface area contributed by atoms with E-state index in [1.54, 1.807) is 18.5 Å². The minimum absolute atomic E-state index is 0.433. The maximum atomic E-state index is 5.53. The molecule has 3 aromatic rings. The normalized spacial score (nSPS) is 15.7. The Hall–Kier alpha value is -2.78. The molecule has 5 rings (SSSR count). The minimum atomic E-state index is 0.433. The van der Waals surface area contributed by atoms with Crippen molar-refractivity contribution in [3.05, 3.63) is 59.9 Å². The SMILES string of the molecule is S=C(Nc1nc(Sc2ncccn2)cc(N2Cc3ccccc3C2)n1)NC1CCCC1. The second-order valence-corrected chi connectivity index (χ2v) is 9.12. The molecular weight excluding hydrogens is 426 g/mol. The van der Waals surface area contributed by atoms with E-state index in [9.17, 15) is 0 Å². The molecule has 0 amide bonds. The molecule has 7 nitrogen and oxygen atoms in total. The standard InChI is InChI=1S/C22H23N7S2/c30-21(25-17-8-3-4-9-17)28-20-26-18(29-13-15-6-1-2-7-16(15)14-29)12-19(27-20)31-22-23-10-5-11-24-22/h1-2,5-7,10-12,17H,3-4,8-9,13-14H2,(H2,25,26,27,28,30). The van der Waals surface area contributed by atoms with E-state index in [1.165, 1.54) is 35.7 Å². The zero-order chi connectivity index (χ0) is 21.0. The van der Waals surface area contributed by atoms with E-state index < -0.39 is 0 Å². The lowest BCUT2D eigenvalue weighted by Gasteiger charge is -2.19. The van der Waals surface area contributed by atoms with Crippen LogP contribution in [-0.4, -0.2) is 31.1 Å². The van der Waals surface area contributed by atoms with Crippen LogP contribution in [-0.2, 0) is 13.1 Å². The van der Waals surface area contributed by atoms with Gasteiger partial charge in [0.15, 0.2) is 10.3 Å². The Morgan fingerprint density at radius 2 is 1.71 bits per heavy atom. The van der Waals surface area contributed by atoms with Crippen LogP contribution in [0.15, 0.2) is 59.0 Å². The van der Waals surface area contributed by atoms with Crippen LogP contribution in [0.5, 0.6) is 0 Å². The van der Waals surface area contributed by atoms with Crippen LogP contribution in [0.1, 0.15) is 36.8 Å². The highest BCUT2D eigenvalue weighted by Crippen LogP contribution is 2.31. The van der Waals surface area contributed by atoms with Crippen LogP contribution in [0.2, 0.25) is 0 Å². The van der Waals surface area contributed by atoms with Crippen molar-refractivity contribution < 1.29 is 0 Å². The van der Waals surface area contributed by atoms with Gasteiger partial charge in [0.1, 0.15) is 10.8 Å². The Morgan fingerprint density at radius 3 is 2.42 bits per heavy atom. The average Bonchev–Trinajstić information content (AvgIpc) is 3.44. The molecule has 0 unspecified atom stereocenters. The van der Waals surface area contributed by atoms with E-state index in [2.05, 4.69) is 54.8 Å². The molecule has 3 heterocycles. The molecule has 1 aromatic carbocycles. The molecule has 1 aliphatic carbocycles. The summed E-state index contributed by atoms with van der Waals surface area (Å²) in [5.41, 5.74) is 2.66. The van der Waals surface area contributed by atoms with Gasteiger partial charge in [-0.3, -0.25) is 0 Å². The van der Waals surface area contributed by atoms with Crippen LogP contribution in [0.4, 0.5) is 11.8 Å². The third-order valence-electron chi connectivity index (χ3n) is 5.51. The Balaban J connectivity index is 1.39. The molecule has 0 bridgehead atoms. The summed E-state index contributed by atoms with van der Waals surface area (Å²) in [6.07, 6.45) is 8.27. The molecule has 0 saturated heterocycles. The second-order valence-electron chi connectivity index (χ2n) is 7.73. The van der Waals surface area contributed by atoms with Crippen LogP contribution >= 0.6 is 24.0 Å². The lowest BCUT2D eigenvalue weighted by atomic mass is 10.1. The number of nitrogens with one attached hydrogen (secondary N) is 2. The fraction of sp³-hybridized carbons (Fsp3) is 0.318. The Labute approximate surface area is 191 Å². The third kappa shape index (κ3) is 4.94. The first kappa shape index (κ1) is 20.1. The number of rotatable bonds is 5. The number of aromatic nitrogens is 4. The molecule has 2 N–H and O–H groups in total. The lowest BCUT2D eigenvalue weighted by molar-refractivity contribution is 0.634. The van der Waals surface area contributed by atoms with Crippen LogP contribution in [0.25, 0.3) is 0 Å². The Bertz CT molecular complexity index is 1050. The van der Waals surface area contributed by atoms with E-state index in [-0.39, 0.29) is 0 Å².